The minimum atomic E-state index is -0.200. The second-order valence-electron chi connectivity index (χ2n) is 6.16. The van der Waals surface area contributed by atoms with Gasteiger partial charge < -0.3 is 14.8 Å². The summed E-state index contributed by atoms with van der Waals surface area (Å²) < 4.78 is 11.0. The Balaban J connectivity index is 2.15. The molecular weight excluding hydrogens is 314 g/mol. The molecule has 0 saturated carbocycles. The van der Waals surface area contributed by atoms with Crippen molar-refractivity contribution in [1.82, 2.24) is 0 Å². The molecular formula is C21H25NO3. The van der Waals surface area contributed by atoms with Crippen molar-refractivity contribution >= 4 is 17.7 Å². The maximum absolute atomic E-state index is 12.3. The minimum Gasteiger partial charge on any atom is -0.497 e. The summed E-state index contributed by atoms with van der Waals surface area (Å²) in [4.78, 5) is 12.3. The molecule has 4 heteroatoms. The van der Waals surface area contributed by atoms with Crippen LogP contribution in [0.25, 0.3) is 6.08 Å². The van der Waals surface area contributed by atoms with Gasteiger partial charge in [-0.2, -0.15) is 0 Å². The highest BCUT2D eigenvalue weighted by atomic mass is 16.5. The lowest BCUT2D eigenvalue weighted by molar-refractivity contribution is -0.111. The molecule has 0 atom stereocenters. The third-order valence-corrected chi connectivity index (χ3v) is 3.71. The van der Waals surface area contributed by atoms with Crippen molar-refractivity contribution in [2.75, 3.05) is 12.4 Å². The normalized spacial score (nSPS) is 11.0. The zero-order chi connectivity index (χ0) is 18.4. The van der Waals surface area contributed by atoms with Crippen LogP contribution in [-0.4, -0.2) is 19.1 Å². The zero-order valence-corrected chi connectivity index (χ0v) is 15.4. The van der Waals surface area contributed by atoms with Gasteiger partial charge in [0.1, 0.15) is 11.5 Å². The molecule has 4 nitrogen and oxygen atoms in total. The number of aryl methyl sites for hydroxylation is 2. The average Bonchev–Trinajstić information content (AvgIpc) is 2.55. The van der Waals surface area contributed by atoms with Crippen molar-refractivity contribution in [2.24, 2.45) is 0 Å². The summed E-state index contributed by atoms with van der Waals surface area (Å²) in [7, 11) is 1.65. The van der Waals surface area contributed by atoms with Crippen molar-refractivity contribution in [3.8, 4) is 11.5 Å². The van der Waals surface area contributed by atoms with E-state index in [4.69, 9.17) is 9.47 Å². The number of ether oxygens (including phenoxy) is 2. The van der Waals surface area contributed by atoms with Crippen molar-refractivity contribution in [1.29, 1.82) is 0 Å². The summed E-state index contributed by atoms with van der Waals surface area (Å²) in [5.41, 5.74) is 3.80. The van der Waals surface area contributed by atoms with Crippen LogP contribution < -0.4 is 14.8 Å². The zero-order valence-electron chi connectivity index (χ0n) is 15.4. The SMILES string of the molecule is COc1cc(C)c(/C=C/C(=O)Nc2ccccc2OC(C)C)c(C)c1. The number of anilines is 1. The first kappa shape index (κ1) is 18.6. The standard InChI is InChI=1S/C21H25NO3/c1-14(2)25-20-9-7-6-8-19(20)22-21(23)11-10-18-15(3)12-17(24-5)13-16(18)4/h6-14H,1-5H3,(H,22,23)/b11-10+. The van der Waals surface area contributed by atoms with Gasteiger partial charge in [0.15, 0.2) is 0 Å². The van der Waals surface area contributed by atoms with Crippen LogP contribution in [0.1, 0.15) is 30.5 Å². The number of carbonyl (C=O) groups excluding carboxylic acids is 1. The Hall–Kier alpha value is -2.75. The van der Waals surface area contributed by atoms with Gasteiger partial charge in [-0.25, -0.2) is 0 Å². The molecule has 0 aliphatic carbocycles. The first-order chi connectivity index (χ1) is 11.9. The topological polar surface area (TPSA) is 47.6 Å². The molecule has 0 spiro atoms. The fourth-order valence-electron chi connectivity index (χ4n) is 2.58. The molecule has 0 aromatic heterocycles. The molecule has 0 aliphatic rings. The van der Waals surface area contributed by atoms with Crippen LogP contribution in [0.15, 0.2) is 42.5 Å². The maximum Gasteiger partial charge on any atom is 0.248 e. The summed E-state index contributed by atoms with van der Waals surface area (Å²) in [5.74, 6) is 1.28. The molecule has 0 aliphatic heterocycles. The van der Waals surface area contributed by atoms with Crippen molar-refractivity contribution < 1.29 is 14.3 Å². The molecule has 2 rings (SSSR count). The van der Waals surface area contributed by atoms with E-state index in [1.807, 2.05) is 70.2 Å². The van der Waals surface area contributed by atoms with Gasteiger partial charge in [0.05, 0.1) is 18.9 Å². The van der Waals surface area contributed by atoms with Gasteiger partial charge in [0.2, 0.25) is 5.91 Å². The van der Waals surface area contributed by atoms with Crippen molar-refractivity contribution in [2.45, 2.75) is 33.8 Å². The summed E-state index contributed by atoms with van der Waals surface area (Å²) in [6.45, 7) is 7.90. The van der Waals surface area contributed by atoms with Crippen LogP contribution in [0.4, 0.5) is 5.69 Å². The highest BCUT2D eigenvalue weighted by Gasteiger charge is 2.08. The second kappa shape index (κ2) is 8.38. The van der Waals surface area contributed by atoms with Crippen LogP contribution >= 0.6 is 0 Å². The summed E-state index contributed by atoms with van der Waals surface area (Å²) >= 11 is 0. The minimum absolute atomic E-state index is 0.0400. The molecule has 0 heterocycles. The molecule has 1 N–H and O–H groups in total. The monoisotopic (exact) mass is 339 g/mol. The third kappa shape index (κ3) is 5.11. The number of benzene rings is 2. The van der Waals surface area contributed by atoms with Gasteiger partial charge in [-0.05, 0) is 74.7 Å². The Morgan fingerprint density at radius 2 is 1.76 bits per heavy atom. The van der Waals surface area contributed by atoms with E-state index in [1.54, 1.807) is 7.11 Å². The van der Waals surface area contributed by atoms with Crippen molar-refractivity contribution in [3.63, 3.8) is 0 Å². The van der Waals surface area contributed by atoms with E-state index in [1.165, 1.54) is 6.08 Å². The molecule has 1 amide bonds. The molecule has 132 valence electrons. The predicted octanol–water partition coefficient (Wildman–Crippen LogP) is 4.75. The number of hydrogen-bond donors (Lipinski definition) is 1. The molecule has 0 fully saturated rings. The van der Waals surface area contributed by atoms with E-state index in [-0.39, 0.29) is 12.0 Å². The fourth-order valence-corrected chi connectivity index (χ4v) is 2.58. The van der Waals surface area contributed by atoms with Crippen LogP contribution in [0.2, 0.25) is 0 Å². The Bertz CT molecular complexity index is 755. The number of rotatable bonds is 6. The Kier molecular flexibility index (Phi) is 6.23. The molecule has 2 aromatic rings. The van der Waals surface area contributed by atoms with E-state index in [2.05, 4.69) is 5.32 Å². The number of carbonyl (C=O) groups is 1. The fraction of sp³-hybridized carbons (Fsp3) is 0.286. The van der Waals surface area contributed by atoms with Crippen molar-refractivity contribution in [3.05, 3.63) is 59.2 Å². The lowest BCUT2D eigenvalue weighted by Gasteiger charge is -2.14. The Morgan fingerprint density at radius 3 is 2.36 bits per heavy atom. The first-order valence-corrected chi connectivity index (χ1v) is 8.30. The van der Waals surface area contributed by atoms with E-state index in [9.17, 15) is 4.79 Å². The van der Waals surface area contributed by atoms with Gasteiger partial charge in [-0.3, -0.25) is 4.79 Å². The summed E-state index contributed by atoms with van der Waals surface area (Å²) in [6, 6.07) is 11.3. The second-order valence-corrected chi connectivity index (χ2v) is 6.16. The van der Waals surface area contributed by atoms with Gasteiger partial charge in [-0.15, -0.1) is 0 Å². The van der Waals surface area contributed by atoms with Gasteiger partial charge in [0.25, 0.3) is 0 Å². The van der Waals surface area contributed by atoms with E-state index in [0.717, 1.165) is 22.4 Å². The maximum atomic E-state index is 12.3. The first-order valence-electron chi connectivity index (χ1n) is 8.30. The van der Waals surface area contributed by atoms with Crippen LogP contribution in [0.5, 0.6) is 11.5 Å². The Labute approximate surface area is 149 Å². The number of methoxy groups -OCH3 is 1. The lowest BCUT2D eigenvalue weighted by Crippen LogP contribution is -2.12. The third-order valence-electron chi connectivity index (χ3n) is 3.71. The van der Waals surface area contributed by atoms with Crippen LogP contribution in [0, 0.1) is 13.8 Å². The summed E-state index contributed by atoms with van der Waals surface area (Å²) in [5, 5.41) is 2.87. The molecule has 2 aromatic carbocycles. The predicted molar refractivity (Wildman–Crippen MR) is 102 cm³/mol. The summed E-state index contributed by atoms with van der Waals surface area (Å²) in [6.07, 6.45) is 3.40. The van der Waals surface area contributed by atoms with Crippen LogP contribution in [0.3, 0.4) is 0 Å². The quantitative estimate of drug-likeness (QED) is 0.773. The number of para-hydroxylation sites is 2. The van der Waals surface area contributed by atoms with Gasteiger partial charge in [0, 0.05) is 6.08 Å². The smallest absolute Gasteiger partial charge is 0.248 e. The highest BCUT2D eigenvalue weighted by Crippen LogP contribution is 2.25. The Morgan fingerprint density at radius 1 is 1.12 bits per heavy atom. The van der Waals surface area contributed by atoms with E-state index >= 15 is 0 Å². The van der Waals surface area contributed by atoms with Crippen LogP contribution in [-0.2, 0) is 4.79 Å². The number of nitrogens with one attached hydrogen (secondary N) is 1. The largest absolute Gasteiger partial charge is 0.497 e. The molecule has 0 bridgehead atoms. The molecule has 0 unspecified atom stereocenters. The average molecular weight is 339 g/mol. The number of amides is 1. The number of hydrogen-bond acceptors (Lipinski definition) is 3. The lowest BCUT2D eigenvalue weighted by atomic mass is 10.0. The van der Waals surface area contributed by atoms with E-state index in [0.29, 0.717) is 11.4 Å². The molecule has 0 saturated heterocycles. The van der Waals surface area contributed by atoms with E-state index < -0.39 is 0 Å². The molecule has 0 radical (unpaired) electrons. The van der Waals surface area contributed by atoms with Gasteiger partial charge >= 0.3 is 0 Å². The molecule has 25 heavy (non-hydrogen) atoms. The highest BCUT2D eigenvalue weighted by molar-refractivity contribution is 6.03. The van der Waals surface area contributed by atoms with Gasteiger partial charge in [-0.1, -0.05) is 12.1 Å².